The lowest BCUT2D eigenvalue weighted by Crippen LogP contribution is -2.00. The predicted octanol–water partition coefficient (Wildman–Crippen LogP) is 2.85. The summed E-state index contributed by atoms with van der Waals surface area (Å²) in [4.78, 5) is 19.3. The summed E-state index contributed by atoms with van der Waals surface area (Å²) in [5, 5.41) is 10.6. The van der Waals surface area contributed by atoms with Crippen molar-refractivity contribution in [2.45, 2.75) is 26.2 Å². The van der Waals surface area contributed by atoms with E-state index >= 15 is 0 Å². The number of non-ortho nitro benzene ring substituents is 1. The molecule has 0 N–H and O–H groups in total. The van der Waals surface area contributed by atoms with E-state index in [4.69, 9.17) is 0 Å². The summed E-state index contributed by atoms with van der Waals surface area (Å²) >= 11 is 0. The molecule has 1 aromatic heterocycles. The van der Waals surface area contributed by atoms with Crippen LogP contribution in [0.1, 0.15) is 23.4 Å². The SMILES string of the molecule is Cc1nc(-c2ccc([N+](=O)[O-])cc2)nc2c1CCC2. The summed E-state index contributed by atoms with van der Waals surface area (Å²) in [5.41, 5.74) is 4.33. The van der Waals surface area contributed by atoms with Crippen LogP contribution < -0.4 is 0 Å². The van der Waals surface area contributed by atoms with Crippen molar-refractivity contribution in [3.8, 4) is 11.4 Å². The molecule has 19 heavy (non-hydrogen) atoms. The molecule has 2 aromatic rings. The average molecular weight is 255 g/mol. The Labute approximate surface area is 110 Å². The summed E-state index contributed by atoms with van der Waals surface area (Å²) in [6, 6.07) is 6.38. The van der Waals surface area contributed by atoms with E-state index in [-0.39, 0.29) is 5.69 Å². The van der Waals surface area contributed by atoms with Gasteiger partial charge >= 0.3 is 0 Å². The Morgan fingerprint density at radius 1 is 1.16 bits per heavy atom. The van der Waals surface area contributed by atoms with Crippen LogP contribution in [0.15, 0.2) is 24.3 Å². The highest BCUT2D eigenvalue weighted by Crippen LogP contribution is 2.26. The molecule has 0 spiro atoms. The van der Waals surface area contributed by atoms with Crippen LogP contribution in [0, 0.1) is 17.0 Å². The lowest BCUT2D eigenvalue weighted by molar-refractivity contribution is -0.384. The molecule has 1 aromatic carbocycles. The van der Waals surface area contributed by atoms with Gasteiger partial charge in [0.2, 0.25) is 0 Å². The molecule has 0 fully saturated rings. The number of aryl methyl sites for hydroxylation is 2. The van der Waals surface area contributed by atoms with Crippen molar-refractivity contribution >= 4 is 5.69 Å². The van der Waals surface area contributed by atoms with E-state index in [1.165, 1.54) is 17.7 Å². The fourth-order valence-electron chi connectivity index (χ4n) is 2.48. The van der Waals surface area contributed by atoms with E-state index in [0.29, 0.717) is 5.82 Å². The van der Waals surface area contributed by atoms with Crippen molar-refractivity contribution in [1.82, 2.24) is 9.97 Å². The van der Waals surface area contributed by atoms with Gasteiger partial charge in [-0.2, -0.15) is 0 Å². The highest BCUT2D eigenvalue weighted by Gasteiger charge is 2.17. The van der Waals surface area contributed by atoms with Crippen molar-refractivity contribution in [2.75, 3.05) is 0 Å². The number of hydrogen-bond donors (Lipinski definition) is 0. The fourth-order valence-corrected chi connectivity index (χ4v) is 2.48. The van der Waals surface area contributed by atoms with Gasteiger partial charge in [-0.1, -0.05) is 0 Å². The summed E-state index contributed by atoms with van der Waals surface area (Å²) in [5.74, 6) is 0.660. The maximum atomic E-state index is 10.6. The van der Waals surface area contributed by atoms with Gasteiger partial charge < -0.3 is 0 Å². The van der Waals surface area contributed by atoms with Crippen molar-refractivity contribution in [3.05, 3.63) is 51.3 Å². The average Bonchev–Trinajstić information content (AvgIpc) is 2.87. The van der Waals surface area contributed by atoms with Gasteiger partial charge in [-0.3, -0.25) is 10.1 Å². The first kappa shape index (κ1) is 11.8. The van der Waals surface area contributed by atoms with Crippen LogP contribution in [0.2, 0.25) is 0 Å². The molecule has 1 heterocycles. The maximum absolute atomic E-state index is 10.6. The lowest BCUT2D eigenvalue weighted by Gasteiger charge is -2.06. The van der Waals surface area contributed by atoms with E-state index in [0.717, 1.165) is 36.2 Å². The van der Waals surface area contributed by atoms with E-state index in [2.05, 4.69) is 9.97 Å². The van der Waals surface area contributed by atoms with E-state index in [9.17, 15) is 10.1 Å². The third kappa shape index (κ3) is 2.07. The molecule has 96 valence electrons. The van der Waals surface area contributed by atoms with Gasteiger partial charge in [0.15, 0.2) is 5.82 Å². The van der Waals surface area contributed by atoms with Gasteiger partial charge in [0.05, 0.1) is 4.92 Å². The molecule has 1 aliphatic carbocycles. The number of fused-ring (bicyclic) bond motifs is 1. The standard InChI is InChI=1S/C14H13N3O2/c1-9-12-3-2-4-13(12)16-14(15-9)10-5-7-11(8-6-10)17(18)19/h5-8H,2-4H2,1H3. The van der Waals surface area contributed by atoms with Gasteiger partial charge in [-0.15, -0.1) is 0 Å². The summed E-state index contributed by atoms with van der Waals surface area (Å²) in [6.45, 7) is 2.00. The Kier molecular flexibility index (Phi) is 2.74. The molecule has 0 unspecified atom stereocenters. The quantitative estimate of drug-likeness (QED) is 0.611. The Morgan fingerprint density at radius 3 is 2.58 bits per heavy atom. The summed E-state index contributed by atoms with van der Waals surface area (Å²) < 4.78 is 0. The highest BCUT2D eigenvalue weighted by molar-refractivity contribution is 5.58. The van der Waals surface area contributed by atoms with Crippen LogP contribution in [0.3, 0.4) is 0 Å². The third-order valence-corrected chi connectivity index (χ3v) is 3.48. The summed E-state index contributed by atoms with van der Waals surface area (Å²) in [6.07, 6.45) is 3.19. The Morgan fingerprint density at radius 2 is 1.89 bits per heavy atom. The molecular formula is C14H13N3O2. The largest absolute Gasteiger partial charge is 0.269 e. The molecule has 5 heteroatoms. The minimum atomic E-state index is -0.404. The molecule has 0 aliphatic heterocycles. The number of nitrogens with zero attached hydrogens (tertiary/aromatic N) is 3. The van der Waals surface area contributed by atoms with Gasteiger partial charge in [0.1, 0.15) is 0 Å². The molecule has 0 radical (unpaired) electrons. The van der Waals surface area contributed by atoms with E-state index in [1.807, 2.05) is 6.92 Å². The summed E-state index contributed by atoms with van der Waals surface area (Å²) in [7, 11) is 0. The van der Waals surface area contributed by atoms with Crippen LogP contribution in [0.4, 0.5) is 5.69 Å². The first-order valence-electron chi connectivity index (χ1n) is 6.26. The topological polar surface area (TPSA) is 68.9 Å². The first-order valence-corrected chi connectivity index (χ1v) is 6.26. The monoisotopic (exact) mass is 255 g/mol. The van der Waals surface area contributed by atoms with Crippen LogP contribution in [-0.4, -0.2) is 14.9 Å². The maximum Gasteiger partial charge on any atom is 0.269 e. The Hall–Kier alpha value is -2.30. The Bertz CT molecular complexity index is 650. The molecule has 0 saturated heterocycles. The first-order chi connectivity index (χ1) is 9.15. The van der Waals surface area contributed by atoms with Gasteiger partial charge in [-0.05, 0) is 43.9 Å². The highest BCUT2D eigenvalue weighted by atomic mass is 16.6. The minimum absolute atomic E-state index is 0.0848. The molecule has 1 aliphatic rings. The normalized spacial score (nSPS) is 13.3. The zero-order chi connectivity index (χ0) is 13.4. The smallest absolute Gasteiger partial charge is 0.258 e. The number of hydrogen-bond acceptors (Lipinski definition) is 4. The van der Waals surface area contributed by atoms with Gasteiger partial charge in [0.25, 0.3) is 5.69 Å². The molecule has 5 nitrogen and oxygen atoms in total. The second-order valence-corrected chi connectivity index (χ2v) is 4.72. The lowest BCUT2D eigenvalue weighted by atomic mass is 10.1. The van der Waals surface area contributed by atoms with Gasteiger partial charge in [0, 0.05) is 29.1 Å². The fraction of sp³-hybridized carbons (Fsp3) is 0.286. The number of nitro groups is 1. The minimum Gasteiger partial charge on any atom is -0.258 e. The Balaban J connectivity index is 2.02. The van der Waals surface area contributed by atoms with Crippen LogP contribution >= 0.6 is 0 Å². The third-order valence-electron chi connectivity index (χ3n) is 3.48. The molecular weight excluding hydrogens is 242 g/mol. The van der Waals surface area contributed by atoms with Crippen LogP contribution in [0.25, 0.3) is 11.4 Å². The predicted molar refractivity (Wildman–Crippen MR) is 70.9 cm³/mol. The zero-order valence-corrected chi connectivity index (χ0v) is 10.6. The van der Waals surface area contributed by atoms with Crippen LogP contribution in [0.5, 0.6) is 0 Å². The molecule has 0 bridgehead atoms. The number of benzene rings is 1. The number of rotatable bonds is 2. The molecule has 0 amide bonds. The number of nitro benzene ring substituents is 1. The van der Waals surface area contributed by atoms with Gasteiger partial charge in [-0.25, -0.2) is 9.97 Å². The van der Waals surface area contributed by atoms with E-state index < -0.39 is 4.92 Å². The number of aromatic nitrogens is 2. The molecule has 3 rings (SSSR count). The second kappa shape index (κ2) is 4.42. The second-order valence-electron chi connectivity index (χ2n) is 4.72. The van der Waals surface area contributed by atoms with Crippen molar-refractivity contribution in [3.63, 3.8) is 0 Å². The molecule has 0 atom stereocenters. The van der Waals surface area contributed by atoms with Crippen molar-refractivity contribution < 1.29 is 4.92 Å². The van der Waals surface area contributed by atoms with E-state index in [1.54, 1.807) is 12.1 Å². The van der Waals surface area contributed by atoms with Crippen molar-refractivity contribution in [1.29, 1.82) is 0 Å². The van der Waals surface area contributed by atoms with Crippen LogP contribution in [-0.2, 0) is 12.8 Å². The van der Waals surface area contributed by atoms with Crippen molar-refractivity contribution in [2.24, 2.45) is 0 Å². The molecule has 0 saturated carbocycles. The zero-order valence-electron chi connectivity index (χ0n) is 10.6.